The molecule has 7 nitrogen and oxygen atoms in total. The molecule has 0 radical (unpaired) electrons. The van der Waals surface area contributed by atoms with Gasteiger partial charge in [-0.3, -0.25) is 4.90 Å². The molecule has 0 saturated carbocycles. The summed E-state index contributed by atoms with van der Waals surface area (Å²) in [5.41, 5.74) is 4.13. The molecule has 3 heterocycles. The zero-order chi connectivity index (χ0) is 29.1. The molecule has 1 atom stereocenters. The minimum absolute atomic E-state index is 0.350. The fraction of sp³-hybridized carbons (Fsp3) is 0.364. The Morgan fingerprint density at radius 1 is 0.881 bits per heavy atom. The molecule has 4 aromatic rings. The maximum Gasteiger partial charge on any atom is 0.416 e. The Balaban J connectivity index is 1.17. The molecule has 1 amide bonds. The largest absolute Gasteiger partial charge is 0.494 e. The first-order valence-corrected chi connectivity index (χ1v) is 15.4. The molecule has 0 spiro atoms. The molecule has 1 saturated heterocycles. The van der Waals surface area contributed by atoms with Crippen molar-refractivity contribution in [2.75, 3.05) is 52.9 Å². The average Bonchev–Trinajstić information content (AvgIpc) is 3.37. The summed E-state index contributed by atoms with van der Waals surface area (Å²) >= 11 is 12.4. The normalized spacial score (nSPS) is 17.8. The average molecular weight is 608 g/mol. The zero-order valence-corrected chi connectivity index (χ0v) is 25.3. The van der Waals surface area contributed by atoms with Crippen molar-refractivity contribution in [1.82, 2.24) is 19.7 Å². The molecule has 220 valence electrons. The number of nitrogens with zero attached hydrogens (tertiary/aromatic N) is 3. The van der Waals surface area contributed by atoms with E-state index < -0.39 is 6.09 Å². The number of hydrogen-bond acceptors (Lipinski definition) is 5. The zero-order valence-electron chi connectivity index (χ0n) is 23.8. The lowest BCUT2D eigenvalue weighted by Crippen LogP contribution is -2.44. The number of rotatable bonds is 8. The fourth-order valence-corrected chi connectivity index (χ4v) is 6.21. The fourth-order valence-electron chi connectivity index (χ4n) is 5.91. The second-order valence-corrected chi connectivity index (χ2v) is 12.0. The van der Waals surface area contributed by atoms with Crippen LogP contribution in [0.15, 0.2) is 66.7 Å². The van der Waals surface area contributed by atoms with E-state index in [-0.39, 0.29) is 6.04 Å². The van der Waals surface area contributed by atoms with E-state index in [4.69, 9.17) is 32.7 Å². The summed E-state index contributed by atoms with van der Waals surface area (Å²) in [7, 11) is 2.18. The lowest BCUT2D eigenvalue weighted by molar-refractivity contribution is 0.135. The number of aromatic nitrogens is 1. The van der Waals surface area contributed by atoms with E-state index in [0.29, 0.717) is 35.4 Å². The third kappa shape index (κ3) is 6.55. The molecule has 0 aliphatic carbocycles. The lowest BCUT2D eigenvalue weighted by atomic mass is 9.92. The van der Waals surface area contributed by atoms with Crippen molar-refractivity contribution < 1.29 is 14.3 Å². The van der Waals surface area contributed by atoms with E-state index in [2.05, 4.69) is 21.8 Å². The van der Waals surface area contributed by atoms with Crippen LogP contribution in [0.4, 0.5) is 4.79 Å². The Morgan fingerprint density at radius 3 is 2.36 bits per heavy atom. The Morgan fingerprint density at radius 2 is 1.60 bits per heavy atom. The minimum Gasteiger partial charge on any atom is -0.494 e. The number of unbranched alkanes of at least 4 members (excludes halogenated alkanes) is 1. The van der Waals surface area contributed by atoms with Crippen molar-refractivity contribution in [1.29, 1.82) is 0 Å². The van der Waals surface area contributed by atoms with Crippen molar-refractivity contribution in [3.63, 3.8) is 0 Å². The van der Waals surface area contributed by atoms with Gasteiger partial charge in [0.05, 0.1) is 6.61 Å². The number of amides is 1. The van der Waals surface area contributed by atoms with E-state index in [1.807, 2.05) is 42.5 Å². The van der Waals surface area contributed by atoms with E-state index in [9.17, 15) is 4.79 Å². The van der Waals surface area contributed by atoms with Crippen LogP contribution in [-0.4, -0.2) is 78.7 Å². The summed E-state index contributed by atoms with van der Waals surface area (Å²) in [4.78, 5) is 23.8. The Labute approximate surface area is 256 Å². The third-order valence-corrected chi connectivity index (χ3v) is 8.76. The van der Waals surface area contributed by atoms with Crippen molar-refractivity contribution in [2.24, 2.45) is 0 Å². The van der Waals surface area contributed by atoms with Crippen LogP contribution < -0.4 is 9.47 Å². The van der Waals surface area contributed by atoms with E-state index in [1.165, 1.54) is 5.56 Å². The van der Waals surface area contributed by atoms with Crippen molar-refractivity contribution in [2.45, 2.75) is 25.3 Å². The number of piperazine rings is 1. The van der Waals surface area contributed by atoms with Crippen molar-refractivity contribution in [3.05, 3.63) is 93.6 Å². The van der Waals surface area contributed by atoms with Crippen LogP contribution in [0.2, 0.25) is 10.0 Å². The van der Waals surface area contributed by atoms with Gasteiger partial charge in [0.25, 0.3) is 0 Å². The summed E-state index contributed by atoms with van der Waals surface area (Å²) in [5, 5.41) is 2.37. The smallest absolute Gasteiger partial charge is 0.416 e. The van der Waals surface area contributed by atoms with Gasteiger partial charge in [0.15, 0.2) is 0 Å². The molecule has 2 aliphatic rings. The summed E-state index contributed by atoms with van der Waals surface area (Å²) < 4.78 is 11.9. The standard InChI is InChI=1S/C33H36Cl2N4O3/c1-37-17-19-38(20-18-37)15-2-3-21-41-26-9-4-23(5-10-26)32-31-28(29-22-25(35)8-13-30(29)36-31)14-16-39(32)33(40)42-27-11-6-24(34)7-12-27/h4-13,22,32,36H,2-3,14-21H2,1H3. The molecule has 1 unspecified atom stereocenters. The molecule has 1 aromatic heterocycles. The summed E-state index contributed by atoms with van der Waals surface area (Å²) in [6.45, 7) is 6.91. The van der Waals surface area contributed by atoms with Gasteiger partial charge in [-0.25, -0.2) is 4.79 Å². The van der Waals surface area contributed by atoms with Gasteiger partial charge in [-0.2, -0.15) is 0 Å². The highest BCUT2D eigenvalue weighted by molar-refractivity contribution is 6.31. The van der Waals surface area contributed by atoms with Gasteiger partial charge in [0, 0.05) is 59.4 Å². The molecule has 3 aromatic carbocycles. The molecule has 6 rings (SSSR count). The van der Waals surface area contributed by atoms with Crippen LogP contribution in [0.1, 0.15) is 35.7 Å². The van der Waals surface area contributed by atoms with Gasteiger partial charge in [0.1, 0.15) is 17.5 Å². The number of aromatic amines is 1. The highest BCUT2D eigenvalue weighted by atomic mass is 35.5. The van der Waals surface area contributed by atoms with E-state index >= 15 is 0 Å². The number of likely N-dealkylation sites (N-methyl/N-ethyl adjacent to an activating group) is 1. The summed E-state index contributed by atoms with van der Waals surface area (Å²) in [6, 6.07) is 20.4. The Bertz CT molecular complexity index is 1520. The number of halogens is 2. The van der Waals surface area contributed by atoms with Gasteiger partial charge < -0.3 is 24.3 Å². The van der Waals surface area contributed by atoms with Crippen molar-refractivity contribution in [3.8, 4) is 11.5 Å². The highest BCUT2D eigenvalue weighted by Gasteiger charge is 2.35. The molecule has 2 aliphatic heterocycles. The van der Waals surface area contributed by atoms with Crippen LogP contribution in [0.25, 0.3) is 10.9 Å². The highest BCUT2D eigenvalue weighted by Crippen LogP contribution is 2.40. The number of hydrogen-bond donors (Lipinski definition) is 1. The Hall–Kier alpha value is -3.23. The van der Waals surface area contributed by atoms with Crippen LogP contribution in [0.5, 0.6) is 11.5 Å². The first-order valence-electron chi connectivity index (χ1n) is 14.6. The molecule has 0 bridgehead atoms. The molecular weight excluding hydrogens is 571 g/mol. The van der Waals surface area contributed by atoms with Gasteiger partial charge in [0.2, 0.25) is 0 Å². The van der Waals surface area contributed by atoms with Crippen LogP contribution in [0, 0.1) is 0 Å². The molecule has 42 heavy (non-hydrogen) atoms. The molecule has 1 N–H and O–H groups in total. The predicted molar refractivity (Wildman–Crippen MR) is 168 cm³/mol. The van der Waals surface area contributed by atoms with Gasteiger partial charge in [-0.05, 0) is 98.6 Å². The monoisotopic (exact) mass is 606 g/mol. The second-order valence-electron chi connectivity index (χ2n) is 11.1. The van der Waals surface area contributed by atoms with E-state index in [1.54, 1.807) is 29.2 Å². The van der Waals surface area contributed by atoms with Crippen LogP contribution in [0.3, 0.4) is 0 Å². The van der Waals surface area contributed by atoms with Gasteiger partial charge >= 0.3 is 6.09 Å². The number of H-pyrrole nitrogens is 1. The predicted octanol–water partition coefficient (Wildman–Crippen LogP) is 7.03. The Kier molecular flexibility index (Phi) is 8.91. The first kappa shape index (κ1) is 28.9. The lowest BCUT2D eigenvalue weighted by Gasteiger charge is -2.35. The SMILES string of the molecule is CN1CCN(CCCCOc2ccc(C3c4[nH]c5ccc(Cl)cc5c4CCN3C(=O)Oc3ccc(Cl)cc3)cc2)CC1. The number of benzene rings is 3. The summed E-state index contributed by atoms with van der Waals surface area (Å²) in [6.07, 6.45) is 2.42. The quantitative estimate of drug-likeness (QED) is 0.218. The van der Waals surface area contributed by atoms with Gasteiger partial charge in [-0.1, -0.05) is 35.3 Å². The minimum atomic E-state index is -0.412. The molecule has 9 heteroatoms. The number of fused-ring (bicyclic) bond motifs is 3. The summed E-state index contributed by atoms with van der Waals surface area (Å²) in [5.74, 6) is 1.28. The molecular formula is C33H36Cl2N4O3. The van der Waals surface area contributed by atoms with Gasteiger partial charge in [-0.15, -0.1) is 0 Å². The number of nitrogens with one attached hydrogen (secondary N) is 1. The number of carbonyl (C=O) groups excluding carboxylic acids is 1. The third-order valence-electron chi connectivity index (χ3n) is 8.27. The maximum absolute atomic E-state index is 13.5. The molecule has 1 fully saturated rings. The van der Waals surface area contributed by atoms with Crippen molar-refractivity contribution >= 4 is 40.2 Å². The van der Waals surface area contributed by atoms with Crippen LogP contribution >= 0.6 is 23.2 Å². The first-order chi connectivity index (χ1) is 20.4. The number of carbonyl (C=O) groups is 1. The maximum atomic E-state index is 13.5. The van der Waals surface area contributed by atoms with E-state index in [0.717, 1.165) is 73.5 Å². The number of ether oxygens (including phenoxy) is 2. The van der Waals surface area contributed by atoms with Crippen LogP contribution in [-0.2, 0) is 6.42 Å². The topological polar surface area (TPSA) is 61.0 Å². The second kappa shape index (κ2) is 13.0.